The minimum Gasteiger partial charge on any atom is -0.508 e. The van der Waals surface area contributed by atoms with E-state index in [9.17, 15) is 19.4 Å². The maximum atomic E-state index is 16.9. The summed E-state index contributed by atoms with van der Waals surface area (Å²) in [7, 11) is 0. The molecule has 4 heterocycles. The predicted molar refractivity (Wildman–Crippen MR) is 182 cm³/mol. The lowest BCUT2D eigenvalue weighted by molar-refractivity contribution is -0.127. The quantitative estimate of drug-likeness (QED) is 0.205. The molecule has 2 saturated heterocycles. The molecule has 1 amide bonds. The number of hydrogen-bond donors (Lipinski definition) is 2. The smallest absolute Gasteiger partial charge is 0.319 e. The Morgan fingerprint density at radius 2 is 1.92 bits per heavy atom. The van der Waals surface area contributed by atoms with E-state index in [4.69, 9.17) is 16.1 Å². The second-order valence-corrected chi connectivity index (χ2v) is 13.4. The molecule has 254 valence electrons. The number of anilines is 1. The number of hydrogen-bond acceptors (Lipinski definition) is 9. The number of fused-ring (bicyclic) bond motifs is 2. The Bertz CT molecular complexity index is 1990. The lowest BCUT2D eigenvalue weighted by Gasteiger charge is -2.34. The van der Waals surface area contributed by atoms with Crippen LogP contribution in [0.2, 0.25) is 0 Å². The largest absolute Gasteiger partial charge is 0.508 e. The number of aromatic hydroxyl groups is 1. The van der Waals surface area contributed by atoms with Crippen molar-refractivity contribution in [1.82, 2.24) is 24.8 Å². The maximum absolute atomic E-state index is 16.9. The van der Waals surface area contributed by atoms with Gasteiger partial charge in [-0.05, 0) is 74.9 Å². The molecule has 1 aliphatic carbocycles. The number of amides is 1. The van der Waals surface area contributed by atoms with E-state index in [0.29, 0.717) is 37.3 Å². The second-order valence-electron chi connectivity index (χ2n) is 13.4. The van der Waals surface area contributed by atoms with E-state index >= 15 is 4.39 Å². The number of terminal acetylenes is 1. The Morgan fingerprint density at radius 1 is 1.12 bits per heavy atom. The molecule has 49 heavy (non-hydrogen) atoms. The van der Waals surface area contributed by atoms with Gasteiger partial charge in [-0.1, -0.05) is 18.6 Å². The standard InChI is InChI=1S/C37H38F2N6O4/c1-3-26-29(38)9-8-23-16-24(46)17-27(31(23)26)33-32(39)34-28(18-40-33)35(45-15-7-14-44(30(48)4-2)19-25(47)20-45)42-36(41-34)49-22-37(10-11-37)21-43-12-5-6-13-43/h1,4,8-9,16-18,25,46-47H,2,5-7,10-15,19-22H2. The lowest BCUT2D eigenvalue weighted by atomic mass is 9.96. The molecule has 4 aromatic rings. The first kappa shape index (κ1) is 32.7. The van der Waals surface area contributed by atoms with Crippen LogP contribution in [-0.2, 0) is 4.79 Å². The molecule has 3 fully saturated rings. The molecule has 2 N–H and O–H groups in total. The third-order valence-electron chi connectivity index (χ3n) is 9.82. The van der Waals surface area contributed by atoms with Gasteiger partial charge in [0.25, 0.3) is 0 Å². The molecule has 1 saturated carbocycles. The van der Waals surface area contributed by atoms with E-state index in [2.05, 4.69) is 27.4 Å². The van der Waals surface area contributed by atoms with Crippen LogP contribution in [0, 0.1) is 29.4 Å². The fourth-order valence-corrected chi connectivity index (χ4v) is 7.15. The Kier molecular flexibility index (Phi) is 8.81. The van der Waals surface area contributed by atoms with Gasteiger partial charge in [0.2, 0.25) is 5.91 Å². The molecule has 0 spiro atoms. The zero-order valence-corrected chi connectivity index (χ0v) is 27.2. The van der Waals surface area contributed by atoms with Crippen molar-refractivity contribution in [2.24, 2.45) is 5.41 Å². The van der Waals surface area contributed by atoms with Gasteiger partial charge in [-0.15, -0.1) is 6.42 Å². The number of carbonyl (C=O) groups excluding carboxylic acids is 1. The number of halogens is 2. The van der Waals surface area contributed by atoms with Gasteiger partial charge in [-0.3, -0.25) is 9.78 Å². The van der Waals surface area contributed by atoms with Crippen LogP contribution >= 0.6 is 0 Å². The Balaban J connectivity index is 1.32. The van der Waals surface area contributed by atoms with Crippen LogP contribution < -0.4 is 9.64 Å². The fraction of sp³-hybridized carbons (Fsp3) is 0.405. The third-order valence-corrected chi connectivity index (χ3v) is 9.82. The van der Waals surface area contributed by atoms with Crippen molar-refractivity contribution in [2.75, 3.05) is 57.3 Å². The molecule has 3 aliphatic rings. The summed E-state index contributed by atoms with van der Waals surface area (Å²) in [5, 5.41) is 22.5. The van der Waals surface area contributed by atoms with Crippen LogP contribution in [0.15, 0.2) is 43.1 Å². The monoisotopic (exact) mass is 668 g/mol. The number of phenols is 1. The summed E-state index contributed by atoms with van der Waals surface area (Å²) in [5.41, 5.74) is -0.235. The van der Waals surface area contributed by atoms with Crippen molar-refractivity contribution < 1.29 is 28.5 Å². The summed E-state index contributed by atoms with van der Waals surface area (Å²) in [6.07, 6.45) is 12.4. The van der Waals surface area contributed by atoms with Gasteiger partial charge < -0.3 is 29.6 Å². The summed E-state index contributed by atoms with van der Waals surface area (Å²) in [5.74, 6) is 0.789. The topological polar surface area (TPSA) is 115 Å². The molecule has 7 rings (SSSR count). The number of likely N-dealkylation sites (tertiary alicyclic amines) is 1. The molecule has 2 aliphatic heterocycles. The van der Waals surface area contributed by atoms with Gasteiger partial charge in [0, 0.05) is 55.3 Å². The SMILES string of the molecule is C#Cc1c(F)ccc2cc(O)cc(-c3ncc4c(N5CCCN(C(=O)C=C)CC(O)C5)nc(OCC5(CN6CCCC6)CC5)nc4c3F)c12. The highest BCUT2D eigenvalue weighted by Gasteiger charge is 2.45. The van der Waals surface area contributed by atoms with Crippen LogP contribution in [-0.4, -0.2) is 99.4 Å². The molecule has 12 heteroatoms. The number of nitrogens with zero attached hydrogens (tertiary/aromatic N) is 6. The highest BCUT2D eigenvalue weighted by atomic mass is 19.1. The normalized spacial score (nSPS) is 19.4. The number of pyridine rings is 1. The van der Waals surface area contributed by atoms with Gasteiger partial charge in [-0.2, -0.15) is 9.97 Å². The number of aromatic nitrogens is 3. The average molecular weight is 669 g/mol. The van der Waals surface area contributed by atoms with Crippen molar-refractivity contribution in [3.8, 4) is 35.4 Å². The zero-order chi connectivity index (χ0) is 34.3. The molecule has 0 radical (unpaired) electrons. The van der Waals surface area contributed by atoms with E-state index in [1.54, 1.807) is 4.90 Å². The first-order chi connectivity index (χ1) is 23.7. The summed E-state index contributed by atoms with van der Waals surface area (Å²) in [6.45, 7) is 7.99. The number of benzene rings is 2. The van der Waals surface area contributed by atoms with E-state index in [1.807, 2.05) is 4.90 Å². The third kappa shape index (κ3) is 6.48. The van der Waals surface area contributed by atoms with Crippen LogP contribution in [0.1, 0.15) is 37.7 Å². The van der Waals surface area contributed by atoms with Crippen molar-refractivity contribution >= 4 is 33.4 Å². The molecule has 1 unspecified atom stereocenters. The van der Waals surface area contributed by atoms with E-state index in [-0.39, 0.29) is 69.3 Å². The van der Waals surface area contributed by atoms with Gasteiger partial charge in [0.15, 0.2) is 5.82 Å². The minimum atomic E-state index is -0.929. The first-order valence-corrected chi connectivity index (χ1v) is 16.7. The summed E-state index contributed by atoms with van der Waals surface area (Å²) in [4.78, 5) is 31.9. The van der Waals surface area contributed by atoms with Crippen molar-refractivity contribution in [2.45, 2.75) is 38.2 Å². The number of ether oxygens (including phenoxy) is 1. The second kappa shape index (κ2) is 13.2. The minimum absolute atomic E-state index is 0.0117. The fourth-order valence-electron chi connectivity index (χ4n) is 7.15. The summed E-state index contributed by atoms with van der Waals surface area (Å²) in [6, 6.07) is 5.39. The predicted octanol–water partition coefficient (Wildman–Crippen LogP) is 4.65. The van der Waals surface area contributed by atoms with E-state index < -0.39 is 17.7 Å². The number of aliphatic hydroxyl groups excluding tert-OH is 1. The molecular formula is C37H38F2N6O4. The Morgan fingerprint density at radius 3 is 2.65 bits per heavy atom. The number of phenolic OH excluding ortho intramolecular Hbond substituents is 1. The number of rotatable bonds is 8. The Hall–Kier alpha value is -4.86. The Labute approximate surface area is 283 Å². The van der Waals surface area contributed by atoms with E-state index in [1.165, 1.54) is 49.4 Å². The number of β-amino-alcohol motifs (C(OH)–C–C–N with tert-alkyl or cyclic N) is 1. The van der Waals surface area contributed by atoms with Crippen LogP contribution in [0.4, 0.5) is 14.6 Å². The van der Waals surface area contributed by atoms with Crippen molar-refractivity contribution in [3.05, 3.63) is 60.3 Å². The molecular weight excluding hydrogens is 630 g/mol. The van der Waals surface area contributed by atoms with Crippen molar-refractivity contribution in [3.63, 3.8) is 0 Å². The average Bonchev–Trinajstić information content (AvgIpc) is 3.65. The molecule has 2 aromatic heterocycles. The van der Waals surface area contributed by atoms with Crippen LogP contribution in [0.5, 0.6) is 11.8 Å². The van der Waals surface area contributed by atoms with Crippen LogP contribution in [0.25, 0.3) is 32.9 Å². The van der Waals surface area contributed by atoms with Gasteiger partial charge in [0.05, 0.1) is 23.7 Å². The molecule has 2 aromatic carbocycles. The molecule has 0 bridgehead atoms. The lowest BCUT2D eigenvalue weighted by Crippen LogP contribution is -2.46. The van der Waals surface area contributed by atoms with Crippen LogP contribution in [0.3, 0.4) is 0 Å². The molecule has 1 atom stereocenters. The maximum Gasteiger partial charge on any atom is 0.319 e. The van der Waals surface area contributed by atoms with E-state index in [0.717, 1.165) is 32.5 Å². The first-order valence-electron chi connectivity index (χ1n) is 16.7. The number of aliphatic hydroxyl groups is 1. The van der Waals surface area contributed by atoms with Gasteiger partial charge in [0.1, 0.15) is 28.6 Å². The van der Waals surface area contributed by atoms with Gasteiger partial charge >= 0.3 is 6.01 Å². The summed E-state index contributed by atoms with van der Waals surface area (Å²) < 4.78 is 38.0. The highest BCUT2D eigenvalue weighted by Crippen LogP contribution is 2.47. The molecule has 10 nitrogen and oxygen atoms in total. The number of carbonyl (C=O) groups is 1. The van der Waals surface area contributed by atoms with Gasteiger partial charge in [-0.25, -0.2) is 8.78 Å². The zero-order valence-electron chi connectivity index (χ0n) is 27.2. The van der Waals surface area contributed by atoms with Crippen molar-refractivity contribution in [1.29, 1.82) is 0 Å². The summed E-state index contributed by atoms with van der Waals surface area (Å²) >= 11 is 0. The highest BCUT2D eigenvalue weighted by molar-refractivity contribution is 6.03.